The van der Waals surface area contributed by atoms with E-state index in [2.05, 4.69) is 5.32 Å². The molecule has 1 heterocycles. The number of anilines is 2. The highest BCUT2D eigenvalue weighted by molar-refractivity contribution is 7.92. The van der Waals surface area contributed by atoms with Gasteiger partial charge in [0.2, 0.25) is 15.9 Å². The van der Waals surface area contributed by atoms with Crippen LogP contribution < -0.4 is 19.1 Å². The number of nitrogens with one attached hydrogen (secondary N) is 1. The lowest BCUT2D eigenvalue weighted by atomic mass is 10.1. The van der Waals surface area contributed by atoms with Crippen molar-refractivity contribution in [1.82, 2.24) is 0 Å². The molecule has 0 aliphatic carbocycles. The topological polar surface area (TPSA) is 128 Å². The average molecular weight is 435 g/mol. The van der Waals surface area contributed by atoms with E-state index in [0.29, 0.717) is 24.7 Å². The zero-order chi connectivity index (χ0) is 22.1. The molecule has 0 aromatic heterocycles. The van der Waals surface area contributed by atoms with Gasteiger partial charge in [-0.1, -0.05) is 6.07 Å². The predicted molar refractivity (Wildman–Crippen MR) is 111 cm³/mol. The second-order valence-electron chi connectivity index (χ2n) is 6.76. The van der Waals surface area contributed by atoms with E-state index in [1.165, 1.54) is 44.2 Å². The van der Waals surface area contributed by atoms with E-state index in [1.807, 2.05) is 0 Å². The van der Waals surface area contributed by atoms with Gasteiger partial charge < -0.3 is 14.8 Å². The lowest BCUT2D eigenvalue weighted by Gasteiger charge is -2.29. The van der Waals surface area contributed by atoms with Crippen molar-refractivity contribution in [3.05, 3.63) is 52.1 Å². The number of nitro groups is 1. The van der Waals surface area contributed by atoms with Crippen molar-refractivity contribution >= 4 is 33.0 Å². The molecule has 0 unspecified atom stereocenters. The monoisotopic (exact) mass is 435 g/mol. The van der Waals surface area contributed by atoms with Crippen molar-refractivity contribution in [3.8, 4) is 11.5 Å². The first kappa shape index (κ1) is 21.4. The van der Waals surface area contributed by atoms with E-state index < -0.39 is 26.9 Å². The Hall–Kier alpha value is -3.34. The van der Waals surface area contributed by atoms with Crippen molar-refractivity contribution in [2.45, 2.75) is 19.9 Å². The zero-order valence-electron chi connectivity index (χ0n) is 16.6. The van der Waals surface area contributed by atoms with Crippen LogP contribution in [0.25, 0.3) is 0 Å². The maximum atomic E-state index is 12.9. The molecule has 3 rings (SSSR count). The molecule has 0 saturated heterocycles. The van der Waals surface area contributed by atoms with Gasteiger partial charge >= 0.3 is 0 Å². The number of sulfonamides is 1. The van der Waals surface area contributed by atoms with Gasteiger partial charge in [-0.05, 0) is 32.0 Å². The molecule has 1 aliphatic heterocycles. The fraction of sp³-hybridized carbons (Fsp3) is 0.316. The molecule has 160 valence electrons. The molecule has 0 spiro atoms. The second-order valence-corrected chi connectivity index (χ2v) is 8.62. The van der Waals surface area contributed by atoms with Crippen LogP contribution in [0.4, 0.5) is 17.1 Å². The van der Waals surface area contributed by atoms with Crippen molar-refractivity contribution in [1.29, 1.82) is 0 Å². The van der Waals surface area contributed by atoms with Crippen molar-refractivity contribution < 1.29 is 27.6 Å². The van der Waals surface area contributed by atoms with Crippen LogP contribution >= 0.6 is 0 Å². The first-order valence-electron chi connectivity index (χ1n) is 9.03. The number of carbonyl (C=O) groups excluding carboxylic acids is 1. The standard InChI is InChI=1S/C19H21N3O7S/c1-12-15(5-4-6-16(12)22(24)25)20-19(23)13(2)21(30(3,26)27)14-7-8-17-18(11-14)29-10-9-28-17/h4-8,11,13H,9-10H2,1-3H3,(H,20,23)/t13-/m1/s1. The number of hydrogen-bond acceptors (Lipinski definition) is 7. The largest absolute Gasteiger partial charge is 0.486 e. The van der Waals surface area contributed by atoms with E-state index in [4.69, 9.17) is 9.47 Å². The third kappa shape index (κ3) is 4.30. The van der Waals surface area contributed by atoms with Crippen LogP contribution in [0.3, 0.4) is 0 Å². The fourth-order valence-electron chi connectivity index (χ4n) is 3.17. The summed E-state index contributed by atoms with van der Waals surface area (Å²) in [5.41, 5.74) is 0.595. The summed E-state index contributed by atoms with van der Waals surface area (Å²) in [6.45, 7) is 3.66. The summed E-state index contributed by atoms with van der Waals surface area (Å²) in [4.78, 5) is 23.4. The average Bonchev–Trinajstić information content (AvgIpc) is 2.68. The molecule has 11 heteroatoms. The zero-order valence-corrected chi connectivity index (χ0v) is 17.4. The minimum absolute atomic E-state index is 0.146. The lowest BCUT2D eigenvalue weighted by molar-refractivity contribution is -0.385. The normalized spacial score (nSPS) is 14.0. The van der Waals surface area contributed by atoms with E-state index in [1.54, 1.807) is 6.07 Å². The molecule has 30 heavy (non-hydrogen) atoms. The Labute approximate surface area is 173 Å². The molecule has 1 atom stereocenters. The first-order valence-corrected chi connectivity index (χ1v) is 10.9. The molecule has 1 N–H and O–H groups in total. The van der Waals surface area contributed by atoms with Gasteiger partial charge in [-0.2, -0.15) is 0 Å². The second kappa shape index (κ2) is 8.19. The molecule has 0 fully saturated rings. The molecule has 0 radical (unpaired) electrons. The molecular weight excluding hydrogens is 414 g/mol. The maximum Gasteiger partial charge on any atom is 0.274 e. The Balaban J connectivity index is 1.91. The highest BCUT2D eigenvalue weighted by Gasteiger charge is 2.31. The Morgan fingerprint density at radius 1 is 1.20 bits per heavy atom. The number of nitrogens with zero attached hydrogens (tertiary/aromatic N) is 2. The van der Waals surface area contributed by atoms with Gasteiger partial charge in [0.05, 0.1) is 28.1 Å². The van der Waals surface area contributed by atoms with Gasteiger partial charge in [-0.15, -0.1) is 0 Å². The quantitative estimate of drug-likeness (QED) is 0.545. The number of carbonyl (C=O) groups is 1. The van der Waals surface area contributed by atoms with Crippen LogP contribution in [0.2, 0.25) is 0 Å². The van der Waals surface area contributed by atoms with Gasteiger partial charge in [0.1, 0.15) is 19.3 Å². The summed E-state index contributed by atoms with van der Waals surface area (Å²) in [6.07, 6.45) is 0.992. The van der Waals surface area contributed by atoms with Crippen LogP contribution in [-0.2, 0) is 14.8 Å². The Morgan fingerprint density at radius 3 is 2.50 bits per heavy atom. The summed E-state index contributed by atoms with van der Waals surface area (Å²) in [7, 11) is -3.84. The van der Waals surface area contributed by atoms with E-state index in [-0.39, 0.29) is 22.6 Å². The number of hydrogen-bond donors (Lipinski definition) is 1. The minimum atomic E-state index is -3.84. The Bertz CT molecular complexity index is 1100. The van der Waals surface area contributed by atoms with E-state index in [9.17, 15) is 23.3 Å². The SMILES string of the molecule is Cc1c(NC(=O)[C@@H](C)N(c2ccc3c(c2)OCCO3)S(C)(=O)=O)cccc1[N+](=O)[O-]. The van der Waals surface area contributed by atoms with Crippen LogP contribution in [0.15, 0.2) is 36.4 Å². The Kier molecular flexibility index (Phi) is 5.83. The van der Waals surface area contributed by atoms with Crippen molar-refractivity contribution in [3.63, 3.8) is 0 Å². The number of nitro benzene ring substituents is 1. The summed E-state index contributed by atoms with van der Waals surface area (Å²) >= 11 is 0. The van der Waals surface area contributed by atoms with Crippen LogP contribution in [-0.4, -0.2) is 44.8 Å². The highest BCUT2D eigenvalue weighted by Crippen LogP contribution is 2.35. The Morgan fingerprint density at radius 2 is 1.87 bits per heavy atom. The number of ether oxygens (including phenoxy) is 2. The molecule has 1 amide bonds. The fourth-order valence-corrected chi connectivity index (χ4v) is 4.34. The lowest BCUT2D eigenvalue weighted by Crippen LogP contribution is -2.45. The van der Waals surface area contributed by atoms with Crippen LogP contribution in [0.1, 0.15) is 12.5 Å². The molecule has 2 aromatic rings. The van der Waals surface area contributed by atoms with Gasteiger partial charge in [0.25, 0.3) is 5.69 Å². The molecule has 0 bridgehead atoms. The van der Waals surface area contributed by atoms with Gasteiger partial charge in [0.15, 0.2) is 11.5 Å². The van der Waals surface area contributed by atoms with Crippen LogP contribution in [0.5, 0.6) is 11.5 Å². The molecule has 2 aromatic carbocycles. The van der Waals surface area contributed by atoms with E-state index in [0.717, 1.165) is 10.6 Å². The van der Waals surface area contributed by atoms with Crippen molar-refractivity contribution in [2.24, 2.45) is 0 Å². The summed E-state index contributed by atoms with van der Waals surface area (Å²) < 4.78 is 36.9. The summed E-state index contributed by atoms with van der Waals surface area (Å²) in [5, 5.41) is 13.7. The number of benzene rings is 2. The van der Waals surface area contributed by atoms with Crippen LogP contribution in [0, 0.1) is 17.0 Å². The third-order valence-electron chi connectivity index (χ3n) is 4.63. The van der Waals surface area contributed by atoms with Gasteiger partial charge in [-0.3, -0.25) is 19.2 Å². The molecule has 1 aliphatic rings. The number of amides is 1. The first-order chi connectivity index (χ1) is 14.1. The highest BCUT2D eigenvalue weighted by atomic mass is 32.2. The van der Waals surface area contributed by atoms with Gasteiger partial charge in [-0.25, -0.2) is 8.42 Å². The maximum absolute atomic E-state index is 12.9. The van der Waals surface area contributed by atoms with Crippen molar-refractivity contribution in [2.75, 3.05) is 29.1 Å². The van der Waals surface area contributed by atoms with Gasteiger partial charge in [0, 0.05) is 12.1 Å². The molecule has 0 saturated carbocycles. The summed E-state index contributed by atoms with van der Waals surface area (Å²) in [6, 6.07) is 7.75. The smallest absolute Gasteiger partial charge is 0.274 e. The molecular formula is C19H21N3O7S. The predicted octanol–water partition coefficient (Wildman–Crippen LogP) is 2.47. The number of fused-ring (bicyclic) bond motifs is 1. The number of rotatable bonds is 6. The third-order valence-corrected chi connectivity index (χ3v) is 5.87. The minimum Gasteiger partial charge on any atom is -0.486 e. The van der Waals surface area contributed by atoms with E-state index >= 15 is 0 Å². The summed E-state index contributed by atoms with van der Waals surface area (Å²) in [5.74, 6) is 0.233. The molecule has 10 nitrogen and oxygen atoms in total.